The van der Waals surface area contributed by atoms with Crippen molar-refractivity contribution < 1.29 is 0 Å². The second-order valence-corrected chi connectivity index (χ2v) is 5.53. The van der Waals surface area contributed by atoms with Crippen molar-refractivity contribution in [3.8, 4) is 0 Å². The third-order valence-electron chi connectivity index (χ3n) is 2.58. The lowest BCUT2D eigenvalue weighted by molar-refractivity contribution is 1.37. The first kappa shape index (κ1) is 12.6. The molecule has 18 heavy (non-hydrogen) atoms. The van der Waals surface area contributed by atoms with Crippen LogP contribution in [0.4, 0.5) is 0 Å². The molecule has 0 aromatic heterocycles. The predicted molar refractivity (Wildman–Crippen MR) is 81.1 cm³/mol. The van der Waals surface area contributed by atoms with Crippen LogP contribution in [0.15, 0.2) is 78.5 Å². The quantitative estimate of drug-likeness (QED) is 0.560. The second kappa shape index (κ2) is 6.77. The lowest BCUT2D eigenvalue weighted by Crippen LogP contribution is -2.15. The first-order valence-corrected chi connectivity index (χ1v) is 7.07. The molecular formula is C17H16Si. The number of hydrogen-bond donors (Lipinski definition) is 0. The van der Waals surface area contributed by atoms with Crippen molar-refractivity contribution in [2.75, 3.05) is 0 Å². The topological polar surface area (TPSA) is 0 Å². The summed E-state index contributed by atoms with van der Waals surface area (Å²) in [5.74, 6) is 0. The van der Waals surface area contributed by atoms with Gasteiger partial charge in [0, 0.05) is 0 Å². The van der Waals surface area contributed by atoms with Gasteiger partial charge in [0.15, 0.2) is 0 Å². The predicted octanol–water partition coefficient (Wildman–Crippen LogP) is 3.63. The zero-order chi connectivity index (χ0) is 12.6. The lowest BCUT2D eigenvalue weighted by atomic mass is 10.2. The van der Waals surface area contributed by atoms with Crippen molar-refractivity contribution in [2.24, 2.45) is 0 Å². The fourth-order valence-electron chi connectivity index (χ4n) is 1.76. The van der Waals surface area contributed by atoms with E-state index in [-0.39, 0.29) is 0 Å². The molecule has 0 aliphatic carbocycles. The molecule has 0 N–H and O–H groups in total. The molecule has 0 bridgehead atoms. The van der Waals surface area contributed by atoms with E-state index in [0.717, 1.165) is 15.9 Å². The summed E-state index contributed by atoms with van der Waals surface area (Å²) in [5.41, 5.74) is 1.26. The molecule has 2 aromatic rings. The number of benzene rings is 2. The van der Waals surface area contributed by atoms with Gasteiger partial charge in [0.05, 0.1) is 0 Å². The van der Waals surface area contributed by atoms with Gasteiger partial charge in [0.25, 0.3) is 0 Å². The van der Waals surface area contributed by atoms with Crippen LogP contribution in [0.1, 0.15) is 12.0 Å². The smallest absolute Gasteiger partial charge is 0.103 e. The molecule has 0 aliphatic rings. The Hall–Kier alpha value is -1.86. The zero-order valence-corrected chi connectivity index (χ0v) is 11.3. The van der Waals surface area contributed by atoms with E-state index in [4.69, 9.17) is 0 Å². The summed E-state index contributed by atoms with van der Waals surface area (Å²) in [7, 11) is 0.718. The van der Waals surface area contributed by atoms with E-state index in [2.05, 4.69) is 67.3 Å². The van der Waals surface area contributed by atoms with E-state index < -0.39 is 0 Å². The van der Waals surface area contributed by atoms with Gasteiger partial charge in [-0.25, -0.2) is 0 Å². The van der Waals surface area contributed by atoms with Crippen molar-refractivity contribution in [1.82, 2.24) is 0 Å². The normalized spacial score (nSPS) is 11.2. The highest BCUT2D eigenvalue weighted by Gasteiger charge is 2.00. The standard InChI is InChI=1S/C17H16Si/c1-2-9-17(14-15-10-5-3-6-11-15)18-16-12-7-4-8-13-16/h2-8,10-14H,1,9H2/b17-14+. The Bertz CT molecular complexity index is 512. The summed E-state index contributed by atoms with van der Waals surface area (Å²) in [4.78, 5) is 0. The van der Waals surface area contributed by atoms with E-state index >= 15 is 0 Å². The van der Waals surface area contributed by atoms with Gasteiger partial charge in [-0.3, -0.25) is 0 Å². The van der Waals surface area contributed by atoms with E-state index in [9.17, 15) is 0 Å². The number of allylic oxidation sites excluding steroid dienone is 2. The third kappa shape index (κ3) is 3.86. The number of rotatable bonds is 5. The van der Waals surface area contributed by atoms with E-state index in [1.165, 1.54) is 15.9 Å². The highest BCUT2D eigenvalue weighted by atomic mass is 28.2. The molecule has 0 amide bonds. The highest BCUT2D eigenvalue weighted by molar-refractivity contribution is 6.61. The molecule has 0 spiro atoms. The summed E-state index contributed by atoms with van der Waals surface area (Å²) < 4.78 is 0. The average molecular weight is 248 g/mol. The van der Waals surface area contributed by atoms with Crippen LogP contribution in [0.25, 0.3) is 6.08 Å². The minimum absolute atomic E-state index is 0.718. The Kier molecular flexibility index (Phi) is 4.74. The molecule has 1 heteroatoms. The molecule has 0 aliphatic heterocycles. The average Bonchev–Trinajstić information content (AvgIpc) is 2.41. The molecule has 2 rings (SSSR count). The second-order valence-electron chi connectivity index (χ2n) is 4.06. The first-order valence-electron chi connectivity index (χ1n) is 6.07. The van der Waals surface area contributed by atoms with Gasteiger partial charge in [-0.1, -0.05) is 83.2 Å². The van der Waals surface area contributed by atoms with Crippen LogP contribution >= 0.6 is 0 Å². The third-order valence-corrected chi connectivity index (χ3v) is 3.87. The minimum Gasteiger partial charge on any atom is -0.103 e. The molecule has 0 nitrogen and oxygen atoms in total. The number of hydrogen-bond acceptors (Lipinski definition) is 0. The molecule has 88 valence electrons. The Labute approximate surface area is 112 Å². The van der Waals surface area contributed by atoms with Crippen LogP contribution in [0.2, 0.25) is 0 Å². The SMILES string of the molecule is C=CC/C(=C\c1ccccc1)[Si]c1ccccc1. The maximum atomic E-state index is 3.85. The van der Waals surface area contributed by atoms with Gasteiger partial charge in [-0.05, 0) is 12.0 Å². The van der Waals surface area contributed by atoms with Crippen LogP contribution < -0.4 is 5.19 Å². The summed E-state index contributed by atoms with van der Waals surface area (Å²) in [6, 6.07) is 21.1. The fourth-order valence-corrected chi connectivity index (χ4v) is 2.97. The molecule has 0 saturated heterocycles. The monoisotopic (exact) mass is 248 g/mol. The van der Waals surface area contributed by atoms with Crippen LogP contribution in [0.3, 0.4) is 0 Å². The van der Waals surface area contributed by atoms with E-state index in [1.807, 2.05) is 12.1 Å². The molecule has 0 saturated carbocycles. The Morgan fingerprint density at radius 1 is 0.944 bits per heavy atom. The Morgan fingerprint density at radius 3 is 2.17 bits per heavy atom. The maximum absolute atomic E-state index is 3.85. The van der Waals surface area contributed by atoms with Gasteiger partial charge in [0.2, 0.25) is 0 Å². The summed E-state index contributed by atoms with van der Waals surface area (Å²) in [5, 5.41) is 2.80. The molecule has 0 atom stereocenters. The largest absolute Gasteiger partial charge is 0.116 e. The first-order chi connectivity index (χ1) is 8.88. The van der Waals surface area contributed by atoms with Crippen LogP contribution in [-0.4, -0.2) is 9.52 Å². The van der Waals surface area contributed by atoms with Gasteiger partial charge < -0.3 is 0 Å². The van der Waals surface area contributed by atoms with Crippen molar-refractivity contribution in [2.45, 2.75) is 6.42 Å². The van der Waals surface area contributed by atoms with Gasteiger partial charge in [0.1, 0.15) is 9.52 Å². The minimum atomic E-state index is 0.718. The lowest BCUT2D eigenvalue weighted by Gasteiger charge is -2.04. The molecule has 2 aromatic carbocycles. The molecule has 2 radical (unpaired) electrons. The van der Waals surface area contributed by atoms with Crippen molar-refractivity contribution in [3.05, 3.63) is 84.1 Å². The van der Waals surface area contributed by atoms with E-state index in [1.54, 1.807) is 0 Å². The molecule has 0 heterocycles. The molecule has 0 unspecified atom stereocenters. The fraction of sp³-hybridized carbons (Fsp3) is 0.0588. The Morgan fingerprint density at radius 2 is 1.56 bits per heavy atom. The van der Waals surface area contributed by atoms with E-state index in [0.29, 0.717) is 0 Å². The van der Waals surface area contributed by atoms with Gasteiger partial charge in [-0.2, -0.15) is 0 Å². The maximum Gasteiger partial charge on any atom is 0.116 e. The van der Waals surface area contributed by atoms with Gasteiger partial charge in [-0.15, -0.1) is 6.58 Å². The summed E-state index contributed by atoms with van der Waals surface area (Å²) >= 11 is 0. The van der Waals surface area contributed by atoms with Crippen molar-refractivity contribution in [3.63, 3.8) is 0 Å². The van der Waals surface area contributed by atoms with Crippen molar-refractivity contribution >= 4 is 20.8 Å². The van der Waals surface area contributed by atoms with Crippen LogP contribution in [0, 0.1) is 0 Å². The van der Waals surface area contributed by atoms with Crippen LogP contribution in [0.5, 0.6) is 0 Å². The molecular weight excluding hydrogens is 232 g/mol. The zero-order valence-electron chi connectivity index (χ0n) is 10.3. The Balaban J connectivity index is 2.18. The highest BCUT2D eigenvalue weighted by Crippen LogP contribution is 2.09. The van der Waals surface area contributed by atoms with Crippen molar-refractivity contribution in [1.29, 1.82) is 0 Å². The van der Waals surface area contributed by atoms with Crippen LogP contribution in [-0.2, 0) is 0 Å². The summed E-state index contributed by atoms with van der Waals surface area (Å²) in [6.45, 7) is 3.85. The van der Waals surface area contributed by atoms with Gasteiger partial charge >= 0.3 is 0 Å². The summed E-state index contributed by atoms with van der Waals surface area (Å²) in [6.07, 6.45) is 5.19. The molecule has 0 fully saturated rings.